The maximum absolute atomic E-state index is 11.2. The van der Waals surface area contributed by atoms with E-state index in [9.17, 15) is 9.90 Å². The number of unbranched alkanes of at least 4 members (excludes halogenated alkanes) is 7. The Morgan fingerprint density at radius 2 is 1.64 bits per heavy atom. The monoisotopic (exact) mass is 319 g/mol. The largest absolute Gasteiger partial charge is 0.549 e. The van der Waals surface area contributed by atoms with E-state index >= 15 is 0 Å². The van der Waals surface area contributed by atoms with E-state index in [0.717, 1.165) is 24.2 Å². The minimum Gasteiger partial charge on any atom is -0.549 e. The van der Waals surface area contributed by atoms with Crippen LogP contribution in [-0.4, -0.2) is 11.2 Å². The maximum Gasteiger partial charge on any atom is 0.0548 e. The van der Waals surface area contributed by atoms with Gasteiger partial charge in [-0.05, 0) is 31.4 Å². The number of benzene rings is 1. The van der Waals surface area contributed by atoms with Crippen molar-refractivity contribution in [2.45, 2.75) is 67.9 Å². The summed E-state index contributed by atoms with van der Waals surface area (Å²) in [7, 11) is 0. The molecule has 0 aliphatic carbocycles. The molecule has 1 aromatic carbocycles. The summed E-state index contributed by atoms with van der Waals surface area (Å²) in [5.74, 6) is -0.946. The number of carbonyl (C=O) groups is 1. The number of rotatable bonds is 13. The molecule has 122 valence electrons. The van der Waals surface area contributed by atoms with Gasteiger partial charge in [0.15, 0.2) is 0 Å². The third-order valence-corrected chi connectivity index (χ3v) is 4.92. The topological polar surface area (TPSA) is 40.1 Å². The van der Waals surface area contributed by atoms with Gasteiger partial charge in [-0.3, -0.25) is 0 Å². The standard InChI is InChI=1S/C19H28O2S/c1-2-3-4-5-6-7-8-9-13-16-18(19(20)21)22-17-14-11-10-12-15-17/h2,10-12,14-15,18H,1,3-9,13,16H2,(H,20,21)/p-1. The van der Waals surface area contributed by atoms with Crippen molar-refractivity contribution in [2.75, 3.05) is 0 Å². The van der Waals surface area contributed by atoms with E-state index in [4.69, 9.17) is 0 Å². The smallest absolute Gasteiger partial charge is 0.0548 e. The Morgan fingerprint density at radius 1 is 1.05 bits per heavy atom. The molecule has 1 rings (SSSR count). The zero-order valence-electron chi connectivity index (χ0n) is 13.3. The van der Waals surface area contributed by atoms with E-state index in [1.54, 1.807) is 0 Å². The zero-order chi connectivity index (χ0) is 16.0. The number of carbonyl (C=O) groups excluding carboxylic acids is 1. The maximum atomic E-state index is 11.2. The summed E-state index contributed by atoms with van der Waals surface area (Å²) in [4.78, 5) is 12.2. The molecule has 0 heterocycles. The first-order chi connectivity index (χ1) is 10.7. The fraction of sp³-hybridized carbons (Fsp3) is 0.526. The van der Waals surface area contributed by atoms with Crippen molar-refractivity contribution in [3.8, 4) is 0 Å². The van der Waals surface area contributed by atoms with Crippen LogP contribution in [0.4, 0.5) is 0 Å². The third-order valence-electron chi connectivity index (χ3n) is 3.66. The average molecular weight is 319 g/mol. The fourth-order valence-electron chi connectivity index (χ4n) is 2.39. The van der Waals surface area contributed by atoms with Crippen molar-refractivity contribution in [1.29, 1.82) is 0 Å². The zero-order valence-corrected chi connectivity index (χ0v) is 14.2. The summed E-state index contributed by atoms with van der Waals surface area (Å²) in [5.41, 5.74) is 0. The number of carboxylic acid groups (broad SMARTS) is 1. The van der Waals surface area contributed by atoms with Gasteiger partial charge in [0, 0.05) is 10.1 Å². The van der Waals surface area contributed by atoms with Crippen LogP contribution in [0.2, 0.25) is 0 Å². The molecular formula is C19H27O2S-. The van der Waals surface area contributed by atoms with Gasteiger partial charge in [-0.2, -0.15) is 0 Å². The summed E-state index contributed by atoms with van der Waals surface area (Å²) >= 11 is 1.40. The Balaban J connectivity index is 2.12. The molecule has 1 unspecified atom stereocenters. The number of allylic oxidation sites excluding steroid dienone is 1. The van der Waals surface area contributed by atoms with Gasteiger partial charge in [-0.25, -0.2) is 0 Å². The second-order valence-corrected chi connectivity index (χ2v) is 6.86. The van der Waals surface area contributed by atoms with Crippen LogP contribution in [0.5, 0.6) is 0 Å². The van der Waals surface area contributed by atoms with Gasteiger partial charge >= 0.3 is 0 Å². The Bertz CT molecular complexity index is 417. The van der Waals surface area contributed by atoms with Crippen molar-refractivity contribution in [3.05, 3.63) is 43.0 Å². The molecule has 0 saturated heterocycles. The lowest BCUT2D eigenvalue weighted by molar-refractivity contribution is -0.304. The van der Waals surface area contributed by atoms with E-state index in [1.165, 1.54) is 43.9 Å². The molecular weight excluding hydrogens is 292 g/mol. The molecule has 0 spiro atoms. The van der Waals surface area contributed by atoms with Crippen molar-refractivity contribution in [3.63, 3.8) is 0 Å². The molecule has 1 aromatic rings. The first-order valence-electron chi connectivity index (χ1n) is 8.27. The normalized spacial score (nSPS) is 12.0. The highest BCUT2D eigenvalue weighted by atomic mass is 32.2. The Hall–Kier alpha value is -1.22. The van der Waals surface area contributed by atoms with Gasteiger partial charge in [0.05, 0.1) is 5.97 Å². The number of thioether (sulfide) groups is 1. The van der Waals surface area contributed by atoms with E-state index in [2.05, 4.69) is 6.58 Å². The van der Waals surface area contributed by atoms with Crippen LogP contribution in [0.15, 0.2) is 47.9 Å². The molecule has 0 amide bonds. The van der Waals surface area contributed by atoms with Crippen molar-refractivity contribution in [2.24, 2.45) is 0 Å². The summed E-state index contributed by atoms with van der Waals surface area (Å²) in [5, 5.41) is 10.8. The van der Waals surface area contributed by atoms with Crippen LogP contribution < -0.4 is 5.11 Å². The van der Waals surface area contributed by atoms with Crippen LogP contribution in [-0.2, 0) is 4.79 Å². The first kappa shape index (κ1) is 18.8. The number of carboxylic acids is 1. The van der Waals surface area contributed by atoms with E-state index in [-0.39, 0.29) is 0 Å². The summed E-state index contributed by atoms with van der Waals surface area (Å²) < 4.78 is 0. The first-order valence-corrected chi connectivity index (χ1v) is 9.15. The molecule has 0 saturated carbocycles. The number of hydrogen-bond acceptors (Lipinski definition) is 3. The SMILES string of the molecule is C=CCCCCCCCCCC(Sc1ccccc1)C(=O)[O-]. The van der Waals surface area contributed by atoms with Gasteiger partial charge < -0.3 is 9.90 Å². The van der Waals surface area contributed by atoms with Gasteiger partial charge in [0.1, 0.15) is 0 Å². The molecule has 0 aliphatic heterocycles. The lowest BCUT2D eigenvalue weighted by atomic mass is 10.1. The van der Waals surface area contributed by atoms with Crippen LogP contribution in [0, 0.1) is 0 Å². The summed E-state index contributed by atoms with van der Waals surface area (Å²) in [6.07, 6.45) is 12.1. The molecule has 0 aromatic heterocycles. The lowest BCUT2D eigenvalue weighted by Crippen LogP contribution is -2.33. The minimum absolute atomic E-state index is 0.435. The molecule has 0 fully saturated rings. The van der Waals surface area contributed by atoms with Gasteiger partial charge in [-0.1, -0.05) is 62.8 Å². The molecule has 3 heteroatoms. The van der Waals surface area contributed by atoms with Crippen molar-refractivity contribution < 1.29 is 9.90 Å². The predicted octanol–water partition coefficient (Wildman–Crippen LogP) is 4.59. The Kier molecular flexibility index (Phi) is 10.6. The molecule has 22 heavy (non-hydrogen) atoms. The highest BCUT2D eigenvalue weighted by Gasteiger charge is 2.11. The molecule has 0 aliphatic rings. The molecule has 0 radical (unpaired) electrons. The quantitative estimate of drug-likeness (QED) is 0.303. The van der Waals surface area contributed by atoms with Crippen LogP contribution >= 0.6 is 11.8 Å². The second kappa shape index (κ2) is 12.3. The third kappa shape index (κ3) is 8.93. The van der Waals surface area contributed by atoms with Crippen molar-refractivity contribution >= 4 is 17.7 Å². The minimum atomic E-state index is -0.946. The van der Waals surface area contributed by atoms with E-state index < -0.39 is 11.2 Å². The Morgan fingerprint density at radius 3 is 2.23 bits per heavy atom. The highest BCUT2D eigenvalue weighted by Crippen LogP contribution is 2.26. The number of aliphatic carboxylic acids is 1. The van der Waals surface area contributed by atoms with E-state index in [0.29, 0.717) is 6.42 Å². The lowest BCUT2D eigenvalue weighted by Gasteiger charge is -2.17. The second-order valence-electron chi connectivity index (χ2n) is 5.58. The average Bonchev–Trinajstić information content (AvgIpc) is 2.53. The molecule has 0 bridgehead atoms. The highest BCUT2D eigenvalue weighted by molar-refractivity contribution is 8.00. The van der Waals surface area contributed by atoms with Crippen LogP contribution in [0.3, 0.4) is 0 Å². The van der Waals surface area contributed by atoms with E-state index in [1.807, 2.05) is 36.4 Å². The summed E-state index contributed by atoms with van der Waals surface area (Å²) in [6, 6.07) is 9.70. The molecule has 2 nitrogen and oxygen atoms in total. The fourth-order valence-corrected chi connectivity index (χ4v) is 3.41. The van der Waals surface area contributed by atoms with Crippen LogP contribution in [0.25, 0.3) is 0 Å². The van der Waals surface area contributed by atoms with Crippen LogP contribution in [0.1, 0.15) is 57.8 Å². The molecule has 0 N–H and O–H groups in total. The molecule has 1 atom stereocenters. The van der Waals surface area contributed by atoms with Gasteiger partial charge in [0.2, 0.25) is 0 Å². The van der Waals surface area contributed by atoms with Gasteiger partial charge in [-0.15, -0.1) is 18.3 Å². The number of hydrogen-bond donors (Lipinski definition) is 0. The predicted molar refractivity (Wildman–Crippen MR) is 92.8 cm³/mol. The Labute approximate surface area is 139 Å². The van der Waals surface area contributed by atoms with Crippen molar-refractivity contribution in [1.82, 2.24) is 0 Å². The van der Waals surface area contributed by atoms with Gasteiger partial charge in [0.25, 0.3) is 0 Å². The summed E-state index contributed by atoms with van der Waals surface area (Å²) in [6.45, 7) is 3.72.